The maximum absolute atomic E-state index is 12.8. The zero-order valence-corrected chi connectivity index (χ0v) is 20.2. The van der Waals surface area contributed by atoms with Crippen LogP contribution in [0, 0.1) is 0 Å². The standard InChI is InChI=1S/C24H24ClNO6S/c1-29-21-12-7-16(5-6-17-14-22(30-2)24(32-4)23(15-17)31-3)13-20(21)26-33(27,28)19-10-8-18(25)9-11-19/h5-15,26H,1-4H3/b6-5-. The molecule has 0 heterocycles. The predicted octanol–water partition coefficient (Wildman–Crippen LogP) is 5.35. The van der Waals surface area contributed by atoms with E-state index >= 15 is 0 Å². The van der Waals surface area contributed by atoms with Crippen LogP contribution in [0.25, 0.3) is 12.2 Å². The van der Waals surface area contributed by atoms with Gasteiger partial charge in [0.05, 0.1) is 39.0 Å². The van der Waals surface area contributed by atoms with Crippen molar-refractivity contribution in [2.45, 2.75) is 4.90 Å². The molecule has 0 aliphatic carbocycles. The maximum Gasteiger partial charge on any atom is 0.262 e. The number of anilines is 1. The summed E-state index contributed by atoms with van der Waals surface area (Å²) in [6.07, 6.45) is 3.68. The summed E-state index contributed by atoms with van der Waals surface area (Å²) in [5, 5.41) is 0.449. The summed E-state index contributed by atoms with van der Waals surface area (Å²) in [5.41, 5.74) is 1.86. The molecule has 0 amide bonds. The minimum atomic E-state index is -3.83. The smallest absolute Gasteiger partial charge is 0.262 e. The molecule has 0 bridgehead atoms. The second-order valence-corrected chi connectivity index (χ2v) is 8.93. The number of nitrogens with one attached hydrogen (secondary N) is 1. The number of benzene rings is 3. The Labute approximate surface area is 198 Å². The second kappa shape index (κ2) is 10.5. The fourth-order valence-electron chi connectivity index (χ4n) is 3.12. The van der Waals surface area contributed by atoms with Crippen molar-refractivity contribution >= 4 is 39.5 Å². The summed E-state index contributed by atoms with van der Waals surface area (Å²) < 4.78 is 49.6. The molecular weight excluding hydrogens is 466 g/mol. The number of methoxy groups -OCH3 is 4. The van der Waals surface area contributed by atoms with Gasteiger partial charge in [-0.05, 0) is 59.7 Å². The molecule has 9 heteroatoms. The molecule has 0 saturated carbocycles. The van der Waals surface area contributed by atoms with Gasteiger partial charge in [0.25, 0.3) is 10.0 Å². The SMILES string of the molecule is COc1ccc(/C=C\c2cc(OC)c(OC)c(OC)c2)cc1NS(=O)(=O)c1ccc(Cl)cc1. The van der Waals surface area contributed by atoms with E-state index < -0.39 is 10.0 Å². The van der Waals surface area contributed by atoms with E-state index in [9.17, 15) is 8.42 Å². The van der Waals surface area contributed by atoms with Gasteiger partial charge in [0.15, 0.2) is 11.5 Å². The van der Waals surface area contributed by atoms with Gasteiger partial charge in [-0.25, -0.2) is 8.42 Å². The number of halogens is 1. The van der Waals surface area contributed by atoms with Crippen LogP contribution < -0.4 is 23.7 Å². The lowest BCUT2D eigenvalue weighted by Crippen LogP contribution is -2.13. The molecule has 0 aromatic heterocycles. The first-order valence-corrected chi connectivity index (χ1v) is 11.6. The van der Waals surface area contributed by atoms with E-state index in [1.807, 2.05) is 30.4 Å². The van der Waals surface area contributed by atoms with Crippen LogP contribution in [-0.4, -0.2) is 36.9 Å². The Morgan fingerprint density at radius 3 is 1.85 bits per heavy atom. The highest BCUT2D eigenvalue weighted by atomic mass is 35.5. The molecule has 0 saturated heterocycles. The molecule has 3 aromatic carbocycles. The van der Waals surface area contributed by atoms with Crippen LogP contribution in [0.3, 0.4) is 0 Å². The van der Waals surface area contributed by atoms with E-state index in [1.54, 1.807) is 33.5 Å². The average molecular weight is 490 g/mol. The first kappa shape index (κ1) is 24.3. The van der Waals surface area contributed by atoms with E-state index in [-0.39, 0.29) is 4.90 Å². The zero-order chi connectivity index (χ0) is 24.0. The lowest BCUT2D eigenvalue weighted by atomic mass is 10.1. The monoisotopic (exact) mass is 489 g/mol. The average Bonchev–Trinajstić information content (AvgIpc) is 2.82. The fourth-order valence-corrected chi connectivity index (χ4v) is 4.30. The summed E-state index contributed by atoms with van der Waals surface area (Å²) in [6, 6.07) is 14.7. The molecule has 3 rings (SSSR count). The van der Waals surface area contributed by atoms with Crippen LogP contribution in [0.2, 0.25) is 5.02 Å². The van der Waals surface area contributed by atoms with Gasteiger partial charge in [0.1, 0.15) is 5.75 Å². The molecule has 0 aliphatic heterocycles. The molecule has 0 unspecified atom stereocenters. The maximum atomic E-state index is 12.8. The van der Waals surface area contributed by atoms with Crippen molar-refractivity contribution < 1.29 is 27.4 Å². The molecule has 174 valence electrons. The van der Waals surface area contributed by atoms with E-state index in [0.29, 0.717) is 33.7 Å². The van der Waals surface area contributed by atoms with Crippen LogP contribution in [-0.2, 0) is 10.0 Å². The van der Waals surface area contributed by atoms with Crippen molar-refractivity contribution in [1.29, 1.82) is 0 Å². The van der Waals surface area contributed by atoms with Gasteiger partial charge in [-0.3, -0.25) is 4.72 Å². The Hall–Kier alpha value is -3.36. The Kier molecular flexibility index (Phi) is 7.73. The van der Waals surface area contributed by atoms with Crippen molar-refractivity contribution in [2.75, 3.05) is 33.2 Å². The van der Waals surface area contributed by atoms with Crippen LogP contribution >= 0.6 is 11.6 Å². The Morgan fingerprint density at radius 1 is 0.727 bits per heavy atom. The molecule has 0 spiro atoms. The first-order chi connectivity index (χ1) is 15.8. The number of ether oxygens (including phenoxy) is 4. The quantitative estimate of drug-likeness (QED) is 0.408. The van der Waals surface area contributed by atoms with E-state index in [4.69, 9.17) is 30.5 Å². The van der Waals surface area contributed by atoms with Gasteiger partial charge in [0.2, 0.25) is 5.75 Å². The molecule has 0 radical (unpaired) electrons. The van der Waals surface area contributed by atoms with Gasteiger partial charge in [-0.1, -0.05) is 29.8 Å². The Balaban J connectivity index is 1.93. The molecule has 33 heavy (non-hydrogen) atoms. The number of hydrogen-bond acceptors (Lipinski definition) is 6. The second-order valence-electron chi connectivity index (χ2n) is 6.81. The van der Waals surface area contributed by atoms with Crippen LogP contribution in [0.4, 0.5) is 5.69 Å². The number of rotatable bonds is 9. The van der Waals surface area contributed by atoms with Gasteiger partial charge in [-0.2, -0.15) is 0 Å². The van der Waals surface area contributed by atoms with E-state index in [0.717, 1.165) is 11.1 Å². The van der Waals surface area contributed by atoms with Crippen LogP contribution in [0.5, 0.6) is 23.0 Å². The molecule has 0 fully saturated rings. The van der Waals surface area contributed by atoms with Gasteiger partial charge < -0.3 is 18.9 Å². The van der Waals surface area contributed by atoms with Crippen molar-refractivity contribution in [3.63, 3.8) is 0 Å². The number of hydrogen-bond donors (Lipinski definition) is 1. The Bertz CT molecular complexity index is 1230. The minimum absolute atomic E-state index is 0.0901. The van der Waals surface area contributed by atoms with Crippen molar-refractivity contribution in [3.05, 3.63) is 70.7 Å². The lowest BCUT2D eigenvalue weighted by Gasteiger charge is -2.13. The van der Waals surface area contributed by atoms with E-state index in [1.165, 1.54) is 31.4 Å². The normalized spacial score (nSPS) is 11.3. The highest BCUT2D eigenvalue weighted by Gasteiger charge is 2.17. The summed E-state index contributed by atoms with van der Waals surface area (Å²) in [7, 11) is 2.28. The molecule has 3 aromatic rings. The van der Waals surface area contributed by atoms with Crippen molar-refractivity contribution in [2.24, 2.45) is 0 Å². The van der Waals surface area contributed by atoms with Crippen LogP contribution in [0.1, 0.15) is 11.1 Å². The summed E-state index contributed by atoms with van der Waals surface area (Å²) >= 11 is 5.87. The highest BCUT2D eigenvalue weighted by Crippen LogP contribution is 2.38. The summed E-state index contributed by atoms with van der Waals surface area (Å²) in [5.74, 6) is 1.95. The van der Waals surface area contributed by atoms with Gasteiger partial charge in [-0.15, -0.1) is 0 Å². The lowest BCUT2D eigenvalue weighted by molar-refractivity contribution is 0.324. The Morgan fingerprint density at radius 2 is 1.30 bits per heavy atom. The fraction of sp³-hybridized carbons (Fsp3) is 0.167. The van der Waals surface area contributed by atoms with Gasteiger partial charge in [0, 0.05) is 5.02 Å². The molecule has 0 atom stereocenters. The highest BCUT2D eigenvalue weighted by molar-refractivity contribution is 7.92. The summed E-state index contributed by atoms with van der Waals surface area (Å²) in [6.45, 7) is 0. The molecule has 0 aliphatic rings. The van der Waals surface area contributed by atoms with Crippen LogP contribution in [0.15, 0.2) is 59.5 Å². The zero-order valence-electron chi connectivity index (χ0n) is 18.6. The molecule has 7 nitrogen and oxygen atoms in total. The first-order valence-electron chi connectivity index (χ1n) is 9.75. The molecule has 1 N–H and O–H groups in total. The molecular formula is C24H24ClNO6S. The van der Waals surface area contributed by atoms with Crippen molar-refractivity contribution in [3.8, 4) is 23.0 Å². The summed E-state index contributed by atoms with van der Waals surface area (Å²) in [4.78, 5) is 0.0901. The van der Waals surface area contributed by atoms with E-state index in [2.05, 4.69) is 4.72 Å². The van der Waals surface area contributed by atoms with Crippen molar-refractivity contribution in [1.82, 2.24) is 0 Å². The third kappa shape index (κ3) is 5.71. The predicted molar refractivity (Wildman–Crippen MR) is 130 cm³/mol. The number of sulfonamides is 1. The third-order valence-corrected chi connectivity index (χ3v) is 6.38. The third-order valence-electron chi connectivity index (χ3n) is 4.75. The largest absolute Gasteiger partial charge is 0.495 e. The minimum Gasteiger partial charge on any atom is -0.495 e. The van der Waals surface area contributed by atoms with Gasteiger partial charge >= 0.3 is 0 Å². The topological polar surface area (TPSA) is 83.1 Å².